The second kappa shape index (κ2) is 9.90. The van der Waals surface area contributed by atoms with Gasteiger partial charge in [-0.15, -0.1) is 0 Å². The van der Waals surface area contributed by atoms with Crippen molar-refractivity contribution in [2.24, 2.45) is 0 Å². The van der Waals surface area contributed by atoms with E-state index >= 15 is 0 Å². The van der Waals surface area contributed by atoms with E-state index in [0.717, 1.165) is 11.1 Å². The van der Waals surface area contributed by atoms with E-state index in [9.17, 15) is 14.7 Å². The van der Waals surface area contributed by atoms with Crippen molar-refractivity contribution in [3.05, 3.63) is 86.3 Å². The summed E-state index contributed by atoms with van der Waals surface area (Å²) in [6.07, 6.45) is 0.175. The molecule has 0 bridgehead atoms. The van der Waals surface area contributed by atoms with Gasteiger partial charge in [-0.3, -0.25) is 14.2 Å². The second-order valence-corrected chi connectivity index (χ2v) is 8.01. The number of hydrogen-bond donors (Lipinski definition) is 2. The lowest BCUT2D eigenvalue weighted by Gasteiger charge is -2.18. The van der Waals surface area contributed by atoms with Crippen molar-refractivity contribution in [3.63, 3.8) is 0 Å². The Morgan fingerprint density at radius 2 is 1.90 bits per heavy atom. The van der Waals surface area contributed by atoms with Gasteiger partial charge in [-0.25, -0.2) is 4.98 Å². The molecule has 0 aliphatic carbocycles. The smallest absolute Gasteiger partial charge is 0.257 e. The third-order valence-corrected chi connectivity index (χ3v) is 5.41. The maximum Gasteiger partial charge on any atom is 0.257 e. The monoisotopic (exact) mass is 439 g/mol. The van der Waals surface area contributed by atoms with Gasteiger partial charge in [-0.2, -0.15) is 0 Å². The van der Waals surface area contributed by atoms with Gasteiger partial charge in [0.25, 0.3) is 5.56 Å². The molecule has 1 heterocycles. The van der Waals surface area contributed by atoms with Crippen LogP contribution in [-0.2, 0) is 17.8 Å². The summed E-state index contributed by atoms with van der Waals surface area (Å²) in [5.74, 6) is 0.0592. The summed E-state index contributed by atoms with van der Waals surface area (Å²) in [7, 11) is 0. The minimum absolute atomic E-state index is 0.175. The molecule has 3 rings (SSSR count). The van der Waals surface area contributed by atoms with E-state index in [0.29, 0.717) is 27.7 Å². The molecule has 0 saturated carbocycles. The molecule has 162 valence electrons. The summed E-state index contributed by atoms with van der Waals surface area (Å²) in [6, 6.07) is 14.7. The zero-order valence-electron chi connectivity index (χ0n) is 17.9. The molecule has 0 fully saturated rings. The molecule has 2 N–H and O–H groups in total. The first kappa shape index (κ1) is 22.7. The van der Waals surface area contributed by atoms with E-state index in [1.807, 2.05) is 38.1 Å². The molecule has 1 amide bonds. The molecule has 0 saturated heterocycles. The fraction of sp³-hybridized carbons (Fsp3) is 0.292. The molecule has 0 aliphatic rings. The molecule has 1 aromatic heterocycles. The number of halogens is 1. The predicted molar refractivity (Wildman–Crippen MR) is 122 cm³/mol. The molecule has 6 nitrogen and oxygen atoms in total. The summed E-state index contributed by atoms with van der Waals surface area (Å²) in [5, 5.41) is 12.8. The standard InChI is InChI=1S/C24H26ClN3O3/c1-15-7-9-18(10-8-15)16(2)26-22(30)14-28-23(19-5-4-6-20(25)13-19)27-17(3)21(11-12-29)24(28)31/h4-10,13,16,29H,11-12,14H2,1-3H3,(H,26,30)/t16-/m1/s1. The highest BCUT2D eigenvalue weighted by molar-refractivity contribution is 6.30. The zero-order chi connectivity index (χ0) is 22.5. The number of carbonyl (C=O) groups is 1. The fourth-order valence-electron chi connectivity index (χ4n) is 3.46. The predicted octanol–water partition coefficient (Wildman–Crippen LogP) is 3.59. The Bertz CT molecular complexity index is 1140. The summed E-state index contributed by atoms with van der Waals surface area (Å²) in [4.78, 5) is 30.6. The van der Waals surface area contributed by atoms with Crippen molar-refractivity contribution in [2.75, 3.05) is 6.61 Å². The second-order valence-electron chi connectivity index (χ2n) is 7.57. The molecule has 3 aromatic rings. The number of carbonyl (C=O) groups excluding carboxylic acids is 1. The van der Waals surface area contributed by atoms with Crippen LogP contribution in [0, 0.1) is 13.8 Å². The number of aryl methyl sites for hydroxylation is 2. The number of hydrogen-bond acceptors (Lipinski definition) is 4. The van der Waals surface area contributed by atoms with E-state index in [-0.39, 0.29) is 37.1 Å². The molecule has 0 aliphatic heterocycles. The number of rotatable bonds is 7. The van der Waals surface area contributed by atoms with Crippen LogP contribution < -0.4 is 10.9 Å². The van der Waals surface area contributed by atoms with Gasteiger partial charge in [0.2, 0.25) is 5.91 Å². The first-order valence-corrected chi connectivity index (χ1v) is 10.5. The van der Waals surface area contributed by atoms with Crippen molar-refractivity contribution in [3.8, 4) is 11.4 Å². The number of nitrogens with one attached hydrogen (secondary N) is 1. The van der Waals surface area contributed by atoms with Crippen LogP contribution in [0.2, 0.25) is 5.02 Å². The Labute approximate surface area is 186 Å². The maximum atomic E-state index is 13.2. The lowest BCUT2D eigenvalue weighted by molar-refractivity contribution is -0.122. The van der Waals surface area contributed by atoms with E-state index in [1.54, 1.807) is 31.2 Å². The highest BCUT2D eigenvalue weighted by Gasteiger charge is 2.19. The molecule has 0 radical (unpaired) electrons. The number of benzene rings is 2. The fourth-order valence-corrected chi connectivity index (χ4v) is 3.65. The third kappa shape index (κ3) is 5.40. The number of nitrogens with zero attached hydrogens (tertiary/aromatic N) is 2. The number of aliphatic hydroxyl groups excluding tert-OH is 1. The molecule has 31 heavy (non-hydrogen) atoms. The van der Waals surface area contributed by atoms with Crippen LogP contribution in [0.5, 0.6) is 0 Å². The summed E-state index contributed by atoms with van der Waals surface area (Å²) in [5.41, 5.74) is 3.34. The average Bonchev–Trinajstić information content (AvgIpc) is 2.73. The zero-order valence-corrected chi connectivity index (χ0v) is 18.6. The normalized spacial score (nSPS) is 11.9. The highest BCUT2D eigenvalue weighted by Crippen LogP contribution is 2.21. The number of aromatic nitrogens is 2. The SMILES string of the molecule is Cc1ccc([C@@H](C)NC(=O)Cn2c(-c3cccc(Cl)c3)nc(C)c(CCO)c2=O)cc1. The molecule has 7 heteroatoms. The summed E-state index contributed by atoms with van der Waals surface area (Å²) < 4.78 is 1.35. The molecule has 0 spiro atoms. The Morgan fingerprint density at radius 3 is 2.55 bits per heavy atom. The van der Waals surface area contributed by atoms with Gasteiger partial charge in [0.05, 0.1) is 6.04 Å². The Morgan fingerprint density at radius 1 is 1.19 bits per heavy atom. The average molecular weight is 440 g/mol. The van der Waals surface area contributed by atoms with E-state index < -0.39 is 0 Å². The van der Waals surface area contributed by atoms with Crippen LogP contribution in [0.15, 0.2) is 53.3 Å². The molecular formula is C24H26ClN3O3. The quantitative estimate of drug-likeness (QED) is 0.589. The van der Waals surface area contributed by atoms with Crippen LogP contribution in [-0.4, -0.2) is 27.2 Å². The van der Waals surface area contributed by atoms with Crippen LogP contribution in [0.3, 0.4) is 0 Å². The van der Waals surface area contributed by atoms with E-state index in [1.165, 1.54) is 4.57 Å². The van der Waals surface area contributed by atoms with Gasteiger partial charge in [0.1, 0.15) is 12.4 Å². The minimum atomic E-state index is -0.338. The van der Waals surface area contributed by atoms with Crippen molar-refractivity contribution < 1.29 is 9.90 Å². The van der Waals surface area contributed by atoms with Gasteiger partial charge in [0.15, 0.2) is 0 Å². The molecule has 2 aromatic carbocycles. The summed E-state index contributed by atoms with van der Waals surface area (Å²) in [6.45, 7) is 5.26. The van der Waals surface area contributed by atoms with Gasteiger partial charge in [-0.05, 0) is 38.5 Å². The van der Waals surface area contributed by atoms with E-state index in [4.69, 9.17) is 11.6 Å². The van der Waals surface area contributed by atoms with Gasteiger partial charge in [0, 0.05) is 34.9 Å². The Kier molecular flexibility index (Phi) is 7.25. The maximum absolute atomic E-state index is 13.2. The molecule has 1 atom stereocenters. The first-order chi connectivity index (χ1) is 14.8. The van der Waals surface area contributed by atoms with Crippen LogP contribution in [0.25, 0.3) is 11.4 Å². The minimum Gasteiger partial charge on any atom is -0.396 e. The largest absolute Gasteiger partial charge is 0.396 e. The summed E-state index contributed by atoms with van der Waals surface area (Å²) >= 11 is 6.13. The van der Waals surface area contributed by atoms with Gasteiger partial charge >= 0.3 is 0 Å². The molecular weight excluding hydrogens is 414 g/mol. The first-order valence-electron chi connectivity index (χ1n) is 10.1. The van der Waals surface area contributed by atoms with Crippen molar-refractivity contribution >= 4 is 17.5 Å². The van der Waals surface area contributed by atoms with Gasteiger partial charge in [-0.1, -0.05) is 53.6 Å². The highest BCUT2D eigenvalue weighted by atomic mass is 35.5. The Balaban J connectivity index is 1.96. The Hall–Kier alpha value is -2.96. The van der Waals surface area contributed by atoms with Crippen molar-refractivity contribution in [1.29, 1.82) is 0 Å². The number of aliphatic hydroxyl groups is 1. The van der Waals surface area contributed by atoms with Crippen LogP contribution in [0.1, 0.15) is 35.3 Å². The topological polar surface area (TPSA) is 84.2 Å². The van der Waals surface area contributed by atoms with Crippen LogP contribution in [0.4, 0.5) is 0 Å². The van der Waals surface area contributed by atoms with Crippen LogP contribution >= 0.6 is 11.6 Å². The molecule has 0 unspecified atom stereocenters. The third-order valence-electron chi connectivity index (χ3n) is 5.17. The lowest BCUT2D eigenvalue weighted by atomic mass is 10.1. The van der Waals surface area contributed by atoms with E-state index in [2.05, 4.69) is 10.3 Å². The van der Waals surface area contributed by atoms with Crippen molar-refractivity contribution in [1.82, 2.24) is 14.9 Å². The number of amides is 1. The van der Waals surface area contributed by atoms with Crippen molar-refractivity contribution in [2.45, 2.75) is 39.8 Å². The lowest BCUT2D eigenvalue weighted by Crippen LogP contribution is -2.36. The van der Waals surface area contributed by atoms with Gasteiger partial charge < -0.3 is 10.4 Å².